The van der Waals surface area contributed by atoms with E-state index in [1.165, 1.54) is 6.08 Å². The van der Waals surface area contributed by atoms with E-state index in [2.05, 4.69) is 4.99 Å². The summed E-state index contributed by atoms with van der Waals surface area (Å²) in [7, 11) is 0. The predicted molar refractivity (Wildman–Crippen MR) is 85.8 cm³/mol. The van der Waals surface area contributed by atoms with Crippen LogP contribution in [0.2, 0.25) is 0 Å². The fourth-order valence-corrected chi connectivity index (χ4v) is 1.78. The molecule has 2 aromatic carbocycles. The number of aliphatic imine (C=N–C) groups is 1. The van der Waals surface area contributed by atoms with Crippen molar-refractivity contribution in [1.82, 2.24) is 0 Å². The van der Waals surface area contributed by atoms with E-state index >= 15 is 0 Å². The van der Waals surface area contributed by atoms with E-state index in [9.17, 15) is 4.79 Å². The van der Waals surface area contributed by atoms with Crippen LogP contribution in [0.1, 0.15) is 18.1 Å². The number of benzene rings is 2. The molecule has 0 atom stereocenters. The Bertz CT molecular complexity index is 645. The van der Waals surface area contributed by atoms with Gasteiger partial charge in [-0.25, -0.2) is 4.79 Å². The van der Waals surface area contributed by atoms with Crippen molar-refractivity contribution < 1.29 is 9.53 Å². The summed E-state index contributed by atoms with van der Waals surface area (Å²) >= 11 is 0. The van der Waals surface area contributed by atoms with Gasteiger partial charge < -0.3 is 4.74 Å². The number of rotatable bonds is 5. The van der Waals surface area contributed by atoms with Crippen molar-refractivity contribution in [3.63, 3.8) is 0 Å². The van der Waals surface area contributed by atoms with Crippen LogP contribution in [0.25, 0.3) is 6.08 Å². The second-order valence-electron chi connectivity index (χ2n) is 4.31. The number of hydrogen-bond donors (Lipinski definition) is 0. The fourth-order valence-electron chi connectivity index (χ4n) is 1.78. The van der Waals surface area contributed by atoms with E-state index in [0.717, 1.165) is 16.8 Å². The van der Waals surface area contributed by atoms with Gasteiger partial charge in [0.25, 0.3) is 0 Å². The maximum Gasteiger partial charge on any atom is 0.330 e. The minimum atomic E-state index is -0.348. The van der Waals surface area contributed by atoms with Gasteiger partial charge in [0.05, 0.1) is 12.3 Å². The first-order valence-corrected chi connectivity index (χ1v) is 6.82. The summed E-state index contributed by atoms with van der Waals surface area (Å²) in [4.78, 5) is 15.8. The molecule has 0 unspecified atom stereocenters. The third-order valence-electron chi connectivity index (χ3n) is 2.77. The molecule has 21 heavy (non-hydrogen) atoms. The van der Waals surface area contributed by atoms with Gasteiger partial charge in [0.15, 0.2) is 0 Å². The van der Waals surface area contributed by atoms with Crippen LogP contribution in [0.4, 0.5) is 5.69 Å². The molecule has 0 heterocycles. The van der Waals surface area contributed by atoms with E-state index in [1.54, 1.807) is 19.2 Å². The molecule has 0 aromatic heterocycles. The van der Waals surface area contributed by atoms with Crippen LogP contribution in [0.5, 0.6) is 0 Å². The topological polar surface area (TPSA) is 38.7 Å². The molecule has 0 bridgehead atoms. The minimum absolute atomic E-state index is 0.348. The quantitative estimate of drug-likeness (QED) is 0.471. The van der Waals surface area contributed by atoms with Crippen molar-refractivity contribution in [3.8, 4) is 0 Å². The number of nitrogens with zero attached hydrogens (tertiary/aromatic N) is 1. The van der Waals surface area contributed by atoms with Crippen molar-refractivity contribution in [1.29, 1.82) is 0 Å². The molecule has 0 N–H and O–H groups in total. The summed E-state index contributed by atoms with van der Waals surface area (Å²) in [6, 6.07) is 17.5. The molecule has 0 amide bonds. The third kappa shape index (κ3) is 4.73. The zero-order valence-electron chi connectivity index (χ0n) is 11.9. The summed E-state index contributed by atoms with van der Waals surface area (Å²) in [5.74, 6) is -0.348. The molecule has 0 spiro atoms. The van der Waals surface area contributed by atoms with Crippen LogP contribution >= 0.6 is 0 Å². The highest BCUT2D eigenvalue weighted by atomic mass is 16.5. The molecule has 2 aromatic rings. The molecule has 2 rings (SSSR count). The molecule has 0 aliphatic rings. The Kier molecular flexibility index (Phi) is 5.47. The highest BCUT2D eigenvalue weighted by molar-refractivity contribution is 5.89. The maximum atomic E-state index is 11.4. The molecule has 0 saturated heterocycles. The van der Waals surface area contributed by atoms with Crippen molar-refractivity contribution in [2.75, 3.05) is 6.61 Å². The summed E-state index contributed by atoms with van der Waals surface area (Å²) in [5.41, 5.74) is 2.71. The lowest BCUT2D eigenvalue weighted by Crippen LogP contribution is -1.98. The molecule has 0 fully saturated rings. The SMILES string of the molecule is CCOC(=O)/C=C/c1ccccc1N=Cc1ccccc1. The van der Waals surface area contributed by atoms with Crippen molar-refractivity contribution in [2.24, 2.45) is 4.99 Å². The number of para-hydroxylation sites is 1. The van der Waals surface area contributed by atoms with Gasteiger partial charge in [0.2, 0.25) is 0 Å². The zero-order chi connectivity index (χ0) is 14.9. The molecule has 106 valence electrons. The Morgan fingerprint density at radius 2 is 1.81 bits per heavy atom. The number of carbonyl (C=O) groups excluding carboxylic acids is 1. The molecule has 0 aliphatic heterocycles. The average molecular weight is 279 g/mol. The summed E-state index contributed by atoms with van der Waals surface area (Å²) in [6.45, 7) is 2.15. The number of carbonyl (C=O) groups is 1. The van der Waals surface area contributed by atoms with E-state index < -0.39 is 0 Å². The first-order chi connectivity index (χ1) is 10.3. The lowest BCUT2D eigenvalue weighted by molar-refractivity contribution is -0.137. The fraction of sp³-hybridized carbons (Fsp3) is 0.111. The molecule has 3 heteroatoms. The summed E-state index contributed by atoms with van der Waals surface area (Å²) in [5, 5.41) is 0. The van der Waals surface area contributed by atoms with Gasteiger partial charge in [0.1, 0.15) is 0 Å². The Morgan fingerprint density at radius 1 is 1.10 bits per heavy atom. The highest BCUT2D eigenvalue weighted by Gasteiger charge is 1.98. The lowest BCUT2D eigenvalue weighted by Gasteiger charge is -2.00. The zero-order valence-corrected chi connectivity index (χ0v) is 11.9. The van der Waals surface area contributed by atoms with Gasteiger partial charge in [0, 0.05) is 17.9 Å². The van der Waals surface area contributed by atoms with E-state index in [4.69, 9.17) is 4.74 Å². The van der Waals surface area contributed by atoms with Crippen LogP contribution < -0.4 is 0 Å². The molecule has 0 radical (unpaired) electrons. The second kappa shape index (κ2) is 7.80. The van der Waals surface area contributed by atoms with Gasteiger partial charge in [-0.05, 0) is 24.6 Å². The Balaban J connectivity index is 2.17. The minimum Gasteiger partial charge on any atom is -0.463 e. The number of esters is 1. The Hall–Kier alpha value is -2.68. The first-order valence-electron chi connectivity index (χ1n) is 6.82. The van der Waals surface area contributed by atoms with Gasteiger partial charge in [-0.1, -0.05) is 48.5 Å². The van der Waals surface area contributed by atoms with Crippen molar-refractivity contribution >= 4 is 23.9 Å². The molecular weight excluding hydrogens is 262 g/mol. The predicted octanol–water partition coefficient (Wildman–Crippen LogP) is 4.01. The van der Waals surface area contributed by atoms with E-state index in [1.807, 2.05) is 54.6 Å². The second-order valence-corrected chi connectivity index (χ2v) is 4.31. The van der Waals surface area contributed by atoms with Crippen molar-refractivity contribution in [2.45, 2.75) is 6.92 Å². The normalized spacial score (nSPS) is 11.1. The number of hydrogen-bond acceptors (Lipinski definition) is 3. The monoisotopic (exact) mass is 279 g/mol. The average Bonchev–Trinajstić information content (AvgIpc) is 2.53. The van der Waals surface area contributed by atoms with Gasteiger partial charge >= 0.3 is 5.97 Å². The highest BCUT2D eigenvalue weighted by Crippen LogP contribution is 2.20. The van der Waals surface area contributed by atoms with Gasteiger partial charge in [-0.2, -0.15) is 0 Å². The Labute approximate surface area is 124 Å². The van der Waals surface area contributed by atoms with Crippen LogP contribution in [-0.4, -0.2) is 18.8 Å². The molecular formula is C18H17NO2. The van der Waals surface area contributed by atoms with E-state index in [0.29, 0.717) is 6.61 Å². The van der Waals surface area contributed by atoms with E-state index in [-0.39, 0.29) is 5.97 Å². The van der Waals surface area contributed by atoms with Crippen LogP contribution in [-0.2, 0) is 9.53 Å². The number of ether oxygens (including phenoxy) is 1. The van der Waals surface area contributed by atoms with Crippen LogP contribution in [0.3, 0.4) is 0 Å². The standard InChI is InChI=1S/C18H17NO2/c1-2-21-18(20)13-12-16-10-6-7-11-17(16)19-14-15-8-4-3-5-9-15/h3-14H,2H2,1H3/b13-12+,19-14?. The summed E-state index contributed by atoms with van der Waals surface area (Å²) in [6.07, 6.45) is 4.94. The smallest absolute Gasteiger partial charge is 0.330 e. The molecule has 0 saturated carbocycles. The molecule has 0 aliphatic carbocycles. The van der Waals surface area contributed by atoms with Gasteiger partial charge in [-0.3, -0.25) is 4.99 Å². The third-order valence-corrected chi connectivity index (χ3v) is 2.77. The summed E-state index contributed by atoms with van der Waals surface area (Å²) < 4.78 is 4.87. The van der Waals surface area contributed by atoms with Gasteiger partial charge in [-0.15, -0.1) is 0 Å². The maximum absolute atomic E-state index is 11.4. The van der Waals surface area contributed by atoms with Crippen LogP contribution in [0.15, 0.2) is 65.7 Å². The first kappa shape index (κ1) is 14.7. The molecule has 3 nitrogen and oxygen atoms in total. The lowest BCUT2D eigenvalue weighted by atomic mass is 10.1. The van der Waals surface area contributed by atoms with Crippen molar-refractivity contribution in [3.05, 3.63) is 71.8 Å². The Morgan fingerprint density at radius 3 is 2.57 bits per heavy atom. The van der Waals surface area contributed by atoms with Crippen LogP contribution in [0, 0.1) is 0 Å². The largest absolute Gasteiger partial charge is 0.463 e.